The number of benzene rings is 2. The summed E-state index contributed by atoms with van der Waals surface area (Å²) in [4.78, 5) is 4.28. The van der Waals surface area contributed by atoms with Gasteiger partial charge >= 0.3 is 6.18 Å². The molecule has 0 radical (unpaired) electrons. The van der Waals surface area contributed by atoms with Crippen LogP contribution in [0.15, 0.2) is 47.0 Å². The predicted molar refractivity (Wildman–Crippen MR) is 107 cm³/mol. The van der Waals surface area contributed by atoms with Gasteiger partial charge < -0.3 is 9.84 Å². The lowest BCUT2D eigenvalue weighted by atomic mass is 10.0. The molecule has 1 aliphatic heterocycles. The Morgan fingerprint density at radius 1 is 1.13 bits per heavy atom. The molecule has 154 valence electrons. The zero-order valence-corrected chi connectivity index (χ0v) is 16.4. The van der Waals surface area contributed by atoms with Gasteiger partial charge in [0.25, 0.3) is 0 Å². The molecule has 0 aliphatic carbocycles. The molecule has 1 saturated heterocycles. The maximum Gasteiger partial charge on any atom is 0.417 e. The quantitative estimate of drug-likeness (QED) is 0.606. The highest BCUT2D eigenvalue weighted by Gasteiger charge is 2.34. The first kappa shape index (κ1) is 20.2. The van der Waals surface area contributed by atoms with Crippen molar-refractivity contribution >= 4 is 0 Å². The number of halogens is 3. The summed E-state index contributed by atoms with van der Waals surface area (Å²) < 4.78 is 46.3. The first-order valence-electron chi connectivity index (χ1n) is 9.83. The van der Waals surface area contributed by atoms with Crippen LogP contribution in [-0.4, -0.2) is 16.7 Å². The number of nitrogens with zero attached hydrogens (tertiary/aromatic N) is 2. The van der Waals surface area contributed by atoms with Gasteiger partial charge in [0.05, 0.1) is 11.6 Å². The summed E-state index contributed by atoms with van der Waals surface area (Å²) in [5, 5.41) is 7.09. The fraction of sp³-hybridized carbons (Fsp3) is 0.304. The number of aromatic nitrogens is 2. The van der Waals surface area contributed by atoms with E-state index in [0.717, 1.165) is 37.4 Å². The van der Waals surface area contributed by atoms with Crippen LogP contribution in [-0.2, 0) is 12.6 Å². The van der Waals surface area contributed by atoms with Gasteiger partial charge in [-0.3, -0.25) is 0 Å². The molecule has 2 heterocycles. The molecule has 0 bridgehead atoms. The molecule has 2 aromatic carbocycles. The van der Waals surface area contributed by atoms with Crippen molar-refractivity contribution in [2.45, 2.75) is 38.4 Å². The van der Waals surface area contributed by atoms with Gasteiger partial charge in [-0.25, -0.2) is 0 Å². The van der Waals surface area contributed by atoms with E-state index in [1.165, 1.54) is 12.1 Å². The molecule has 4 nitrogen and oxygen atoms in total. The smallest absolute Gasteiger partial charge is 0.337 e. The van der Waals surface area contributed by atoms with E-state index in [-0.39, 0.29) is 23.0 Å². The molecular formula is C23H20F3N3O. The van der Waals surface area contributed by atoms with Gasteiger partial charge in [0.1, 0.15) is 0 Å². The molecular weight excluding hydrogens is 391 g/mol. The Morgan fingerprint density at radius 3 is 2.60 bits per heavy atom. The van der Waals surface area contributed by atoms with Crippen LogP contribution < -0.4 is 5.32 Å². The lowest BCUT2D eigenvalue weighted by Crippen LogP contribution is -2.13. The van der Waals surface area contributed by atoms with E-state index in [1.54, 1.807) is 0 Å². The highest BCUT2D eigenvalue weighted by molar-refractivity contribution is 5.60. The van der Waals surface area contributed by atoms with Gasteiger partial charge in [0.15, 0.2) is 0 Å². The average molecular weight is 411 g/mol. The zero-order valence-electron chi connectivity index (χ0n) is 16.4. The second kappa shape index (κ2) is 8.33. The van der Waals surface area contributed by atoms with Crippen molar-refractivity contribution in [3.63, 3.8) is 0 Å². The molecule has 1 aromatic heterocycles. The Balaban J connectivity index is 1.65. The SMILES string of the molecule is CCc1ccc(C#Cc2ccc(-c3noc(C4CCCN4)n3)cc2C(F)(F)F)cc1. The Morgan fingerprint density at radius 2 is 1.93 bits per heavy atom. The molecule has 1 aliphatic rings. The second-order valence-electron chi connectivity index (χ2n) is 7.16. The van der Waals surface area contributed by atoms with Gasteiger partial charge in [-0.05, 0) is 61.7 Å². The molecule has 1 atom stereocenters. The fourth-order valence-electron chi connectivity index (χ4n) is 3.38. The van der Waals surface area contributed by atoms with Crippen molar-refractivity contribution in [3.05, 3.63) is 70.6 Å². The summed E-state index contributed by atoms with van der Waals surface area (Å²) in [5.41, 5.74) is 1.15. The maximum absolute atomic E-state index is 13.7. The molecule has 4 rings (SSSR count). The molecule has 7 heteroatoms. The van der Waals surface area contributed by atoms with Crippen molar-refractivity contribution in [1.82, 2.24) is 15.5 Å². The number of hydrogen-bond donors (Lipinski definition) is 1. The van der Waals surface area contributed by atoms with E-state index in [2.05, 4.69) is 27.3 Å². The Hall–Kier alpha value is -3.11. The highest BCUT2D eigenvalue weighted by atomic mass is 19.4. The van der Waals surface area contributed by atoms with Gasteiger partial charge in [-0.2, -0.15) is 18.2 Å². The highest BCUT2D eigenvalue weighted by Crippen LogP contribution is 2.34. The van der Waals surface area contributed by atoms with Crippen LogP contribution in [0.1, 0.15) is 54.0 Å². The third-order valence-corrected chi connectivity index (χ3v) is 5.09. The van der Waals surface area contributed by atoms with E-state index < -0.39 is 11.7 Å². The van der Waals surface area contributed by atoms with Crippen molar-refractivity contribution in [2.75, 3.05) is 6.54 Å². The zero-order chi connectivity index (χ0) is 21.1. The Bertz CT molecular complexity index is 1090. The third kappa shape index (κ3) is 4.39. The van der Waals surface area contributed by atoms with Gasteiger partial charge in [0, 0.05) is 16.7 Å². The molecule has 3 aromatic rings. The van der Waals surface area contributed by atoms with Gasteiger partial charge in [-0.15, -0.1) is 0 Å². The summed E-state index contributed by atoms with van der Waals surface area (Å²) in [5.74, 6) is 6.01. The van der Waals surface area contributed by atoms with Gasteiger partial charge in [0.2, 0.25) is 11.7 Å². The number of hydrogen-bond acceptors (Lipinski definition) is 4. The normalized spacial score (nSPS) is 16.3. The topological polar surface area (TPSA) is 51.0 Å². The van der Waals surface area contributed by atoms with Crippen LogP contribution >= 0.6 is 0 Å². The van der Waals surface area contributed by atoms with Crippen LogP contribution in [0.2, 0.25) is 0 Å². The van der Waals surface area contributed by atoms with E-state index in [0.29, 0.717) is 11.5 Å². The molecule has 0 saturated carbocycles. The largest absolute Gasteiger partial charge is 0.417 e. The molecule has 1 fully saturated rings. The summed E-state index contributed by atoms with van der Waals surface area (Å²) >= 11 is 0. The van der Waals surface area contributed by atoms with Crippen LogP contribution in [0, 0.1) is 11.8 Å². The minimum atomic E-state index is -4.55. The molecule has 30 heavy (non-hydrogen) atoms. The Kier molecular flexibility index (Phi) is 5.60. The van der Waals surface area contributed by atoms with Gasteiger partial charge in [-0.1, -0.05) is 36.1 Å². The van der Waals surface area contributed by atoms with E-state index in [1.807, 2.05) is 31.2 Å². The lowest BCUT2D eigenvalue weighted by molar-refractivity contribution is -0.137. The van der Waals surface area contributed by atoms with E-state index >= 15 is 0 Å². The summed E-state index contributed by atoms with van der Waals surface area (Å²) in [6, 6.07) is 11.3. The monoisotopic (exact) mass is 411 g/mol. The summed E-state index contributed by atoms with van der Waals surface area (Å²) in [7, 11) is 0. The number of nitrogens with one attached hydrogen (secondary N) is 1. The second-order valence-corrected chi connectivity index (χ2v) is 7.16. The number of aryl methyl sites for hydroxylation is 1. The average Bonchev–Trinajstić information content (AvgIpc) is 3.43. The molecule has 0 amide bonds. The van der Waals surface area contributed by atoms with Crippen LogP contribution in [0.25, 0.3) is 11.4 Å². The summed E-state index contributed by atoms with van der Waals surface area (Å²) in [6.45, 7) is 2.89. The van der Waals surface area contributed by atoms with Crippen LogP contribution in [0.3, 0.4) is 0 Å². The maximum atomic E-state index is 13.7. The lowest BCUT2D eigenvalue weighted by Gasteiger charge is -2.10. The standard InChI is InChI=1S/C23H20F3N3O/c1-2-15-5-7-16(8-6-15)9-10-17-11-12-18(14-19(17)23(24,25)26)21-28-22(30-29-21)20-4-3-13-27-20/h5-8,11-12,14,20,27H,2-4,13H2,1H3. The van der Waals surface area contributed by atoms with Crippen molar-refractivity contribution in [1.29, 1.82) is 0 Å². The Labute approximate surface area is 172 Å². The van der Waals surface area contributed by atoms with Crippen molar-refractivity contribution in [2.24, 2.45) is 0 Å². The minimum Gasteiger partial charge on any atom is -0.337 e. The summed E-state index contributed by atoms with van der Waals surface area (Å²) in [6.07, 6.45) is -1.80. The molecule has 1 unspecified atom stereocenters. The van der Waals surface area contributed by atoms with Crippen LogP contribution in [0.5, 0.6) is 0 Å². The van der Waals surface area contributed by atoms with Crippen molar-refractivity contribution < 1.29 is 17.7 Å². The number of alkyl halides is 3. The first-order valence-corrected chi connectivity index (χ1v) is 9.83. The first-order chi connectivity index (χ1) is 14.4. The fourth-order valence-corrected chi connectivity index (χ4v) is 3.38. The van der Waals surface area contributed by atoms with Crippen molar-refractivity contribution in [3.8, 4) is 23.2 Å². The minimum absolute atomic E-state index is 0.0439. The third-order valence-electron chi connectivity index (χ3n) is 5.09. The molecule has 1 N–H and O–H groups in total. The number of rotatable bonds is 3. The predicted octanol–water partition coefficient (Wildman–Crippen LogP) is 5.14. The van der Waals surface area contributed by atoms with E-state index in [4.69, 9.17) is 4.52 Å². The molecule has 0 spiro atoms. The van der Waals surface area contributed by atoms with E-state index in [9.17, 15) is 13.2 Å². The van der Waals surface area contributed by atoms with Crippen LogP contribution in [0.4, 0.5) is 13.2 Å².